The van der Waals surface area contributed by atoms with Crippen LogP contribution >= 0.6 is 0 Å². The first-order chi connectivity index (χ1) is 9.24. The van der Waals surface area contributed by atoms with Gasteiger partial charge in [-0.15, -0.1) is 0 Å². The van der Waals surface area contributed by atoms with Crippen LogP contribution in [0.25, 0.3) is 11.4 Å². The second-order valence-electron chi connectivity index (χ2n) is 3.88. The molecule has 0 fully saturated rings. The molecule has 19 heavy (non-hydrogen) atoms. The molecule has 2 aromatic rings. The molecule has 0 saturated heterocycles. The molecular formula is C13H15FN4O. The third-order valence-corrected chi connectivity index (χ3v) is 2.45. The monoisotopic (exact) mass is 262 g/mol. The lowest BCUT2D eigenvalue weighted by Crippen LogP contribution is -2.08. The number of rotatable bonds is 5. The van der Waals surface area contributed by atoms with Crippen LogP contribution in [0.4, 0.5) is 10.3 Å². The van der Waals surface area contributed by atoms with Gasteiger partial charge in [0.05, 0.1) is 12.7 Å². The predicted molar refractivity (Wildman–Crippen MR) is 70.6 cm³/mol. The maximum absolute atomic E-state index is 13.7. The molecule has 1 heterocycles. The lowest BCUT2D eigenvalue weighted by Gasteiger charge is -2.07. The highest BCUT2D eigenvalue weighted by molar-refractivity contribution is 5.57. The van der Waals surface area contributed by atoms with Gasteiger partial charge in [0.1, 0.15) is 5.82 Å². The molecule has 0 bridgehead atoms. The molecule has 0 spiro atoms. The van der Waals surface area contributed by atoms with Crippen LogP contribution in [0.15, 0.2) is 24.3 Å². The van der Waals surface area contributed by atoms with E-state index >= 15 is 0 Å². The maximum Gasteiger partial charge on any atom is 0.321 e. The van der Waals surface area contributed by atoms with Crippen LogP contribution < -0.4 is 10.1 Å². The molecule has 6 heteroatoms. The van der Waals surface area contributed by atoms with Gasteiger partial charge < -0.3 is 10.1 Å². The molecule has 0 radical (unpaired) electrons. The highest BCUT2D eigenvalue weighted by atomic mass is 19.1. The summed E-state index contributed by atoms with van der Waals surface area (Å²) < 4.78 is 18.7. The van der Waals surface area contributed by atoms with E-state index in [1.54, 1.807) is 18.2 Å². The highest BCUT2D eigenvalue weighted by Gasteiger charge is 2.11. The summed E-state index contributed by atoms with van der Waals surface area (Å²) in [5.41, 5.74) is 0.322. The topological polar surface area (TPSA) is 59.9 Å². The number of methoxy groups -OCH3 is 1. The standard InChI is InChI=1S/C13H15FN4O/c1-3-8-15-12-16-11(17-13(18-12)19-2)9-6-4-5-7-10(9)14/h4-7H,3,8H2,1-2H3,(H,15,16,17,18). The van der Waals surface area contributed by atoms with Crippen molar-refractivity contribution in [3.05, 3.63) is 30.1 Å². The summed E-state index contributed by atoms with van der Waals surface area (Å²) in [4.78, 5) is 12.3. The Morgan fingerprint density at radius 3 is 2.68 bits per heavy atom. The van der Waals surface area contributed by atoms with E-state index in [-0.39, 0.29) is 17.7 Å². The second-order valence-corrected chi connectivity index (χ2v) is 3.88. The Morgan fingerprint density at radius 2 is 2.00 bits per heavy atom. The molecule has 0 amide bonds. The summed E-state index contributed by atoms with van der Waals surface area (Å²) >= 11 is 0. The van der Waals surface area contributed by atoms with Gasteiger partial charge in [0, 0.05) is 6.54 Å². The lowest BCUT2D eigenvalue weighted by atomic mass is 10.2. The maximum atomic E-state index is 13.7. The van der Waals surface area contributed by atoms with E-state index in [9.17, 15) is 4.39 Å². The van der Waals surface area contributed by atoms with Crippen molar-refractivity contribution in [2.45, 2.75) is 13.3 Å². The van der Waals surface area contributed by atoms with Gasteiger partial charge >= 0.3 is 6.01 Å². The van der Waals surface area contributed by atoms with Crippen molar-refractivity contribution in [3.8, 4) is 17.4 Å². The molecule has 1 aromatic carbocycles. The van der Waals surface area contributed by atoms with E-state index < -0.39 is 0 Å². The van der Waals surface area contributed by atoms with Crippen molar-refractivity contribution < 1.29 is 9.13 Å². The van der Waals surface area contributed by atoms with Gasteiger partial charge in [0.25, 0.3) is 0 Å². The summed E-state index contributed by atoms with van der Waals surface area (Å²) in [5.74, 6) is 0.257. The number of benzene rings is 1. The van der Waals surface area contributed by atoms with E-state index in [0.29, 0.717) is 11.5 Å². The minimum Gasteiger partial charge on any atom is -0.467 e. The molecule has 100 valence electrons. The first-order valence-corrected chi connectivity index (χ1v) is 6.03. The van der Waals surface area contributed by atoms with Crippen molar-refractivity contribution >= 4 is 5.95 Å². The average Bonchev–Trinajstić information content (AvgIpc) is 2.45. The first kappa shape index (κ1) is 13.2. The first-order valence-electron chi connectivity index (χ1n) is 6.03. The summed E-state index contributed by atoms with van der Waals surface area (Å²) in [5, 5.41) is 3.03. The third kappa shape index (κ3) is 3.15. The molecule has 2 rings (SSSR count). The van der Waals surface area contributed by atoms with Crippen LogP contribution in [0.1, 0.15) is 13.3 Å². The average molecular weight is 262 g/mol. The SMILES string of the molecule is CCCNc1nc(OC)nc(-c2ccccc2F)n1. The Kier molecular flexibility index (Phi) is 4.22. The second kappa shape index (κ2) is 6.08. The van der Waals surface area contributed by atoms with Crippen LogP contribution in [0.3, 0.4) is 0 Å². The molecule has 0 saturated carbocycles. The molecule has 0 aliphatic carbocycles. The van der Waals surface area contributed by atoms with Gasteiger partial charge in [-0.1, -0.05) is 19.1 Å². The number of anilines is 1. The van der Waals surface area contributed by atoms with Gasteiger partial charge in [-0.25, -0.2) is 4.39 Å². The van der Waals surface area contributed by atoms with Crippen LogP contribution in [0.2, 0.25) is 0 Å². The number of hydrogen-bond donors (Lipinski definition) is 1. The van der Waals surface area contributed by atoms with Gasteiger partial charge in [-0.3, -0.25) is 0 Å². The number of aromatic nitrogens is 3. The molecule has 0 aliphatic heterocycles. The Bertz CT molecular complexity index is 562. The van der Waals surface area contributed by atoms with Crippen LogP contribution in [0.5, 0.6) is 6.01 Å². The van der Waals surface area contributed by atoms with Gasteiger partial charge in [0.2, 0.25) is 5.95 Å². The van der Waals surface area contributed by atoms with Crippen molar-refractivity contribution in [1.82, 2.24) is 15.0 Å². The predicted octanol–water partition coefficient (Wildman–Crippen LogP) is 2.51. The minimum atomic E-state index is -0.378. The number of nitrogens with zero attached hydrogens (tertiary/aromatic N) is 3. The third-order valence-electron chi connectivity index (χ3n) is 2.45. The number of hydrogen-bond acceptors (Lipinski definition) is 5. The van der Waals surface area contributed by atoms with Gasteiger partial charge in [0.15, 0.2) is 5.82 Å². The highest BCUT2D eigenvalue weighted by Crippen LogP contribution is 2.21. The van der Waals surface area contributed by atoms with E-state index in [4.69, 9.17) is 4.74 Å². The van der Waals surface area contributed by atoms with Crippen molar-refractivity contribution in [2.24, 2.45) is 0 Å². The van der Waals surface area contributed by atoms with Crippen molar-refractivity contribution in [2.75, 3.05) is 19.0 Å². The van der Waals surface area contributed by atoms with Crippen LogP contribution in [-0.2, 0) is 0 Å². The molecule has 0 aliphatic rings. The molecule has 0 unspecified atom stereocenters. The Hall–Kier alpha value is -2.24. The van der Waals surface area contributed by atoms with E-state index in [1.165, 1.54) is 13.2 Å². The molecule has 0 atom stereocenters. The Labute approximate surface area is 110 Å². The number of nitrogens with one attached hydrogen (secondary N) is 1. The fraction of sp³-hybridized carbons (Fsp3) is 0.308. The molecular weight excluding hydrogens is 247 g/mol. The summed E-state index contributed by atoms with van der Waals surface area (Å²) in [6.45, 7) is 2.76. The zero-order valence-electron chi connectivity index (χ0n) is 10.9. The van der Waals surface area contributed by atoms with Crippen LogP contribution in [-0.4, -0.2) is 28.6 Å². The summed E-state index contributed by atoms with van der Waals surface area (Å²) in [7, 11) is 1.46. The minimum absolute atomic E-state index is 0.159. The van der Waals surface area contributed by atoms with Crippen molar-refractivity contribution in [3.63, 3.8) is 0 Å². The van der Waals surface area contributed by atoms with Crippen LogP contribution in [0, 0.1) is 5.82 Å². The number of ether oxygens (including phenoxy) is 1. The smallest absolute Gasteiger partial charge is 0.321 e. The number of halogens is 1. The molecule has 5 nitrogen and oxygen atoms in total. The largest absolute Gasteiger partial charge is 0.467 e. The van der Waals surface area contributed by atoms with E-state index in [2.05, 4.69) is 20.3 Å². The van der Waals surface area contributed by atoms with Crippen molar-refractivity contribution in [1.29, 1.82) is 0 Å². The lowest BCUT2D eigenvalue weighted by molar-refractivity contribution is 0.379. The Morgan fingerprint density at radius 1 is 1.21 bits per heavy atom. The fourth-order valence-electron chi connectivity index (χ4n) is 1.53. The van der Waals surface area contributed by atoms with Gasteiger partial charge in [-0.05, 0) is 18.6 Å². The molecule has 1 aromatic heterocycles. The summed E-state index contributed by atoms with van der Waals surface area (Å²) in [6.07, 6.45) is 0.934. The normalized spacial score (nSPS) is 10.3. The molecule has 1 N–H and O–H groups in total. The zero-order valence-corrected chi connectivity index (χ0v) is 10.9. The fourth-order valence-corrected chi connectivity index (χ4v) is 1.53. The van der Waals surface area contributed by atoms with E-state index in [0.717, 1.165) is 13.0 Å². The van der Waals surface area contributed by atoms with E-state index in [1.807, 2.05) is 6.92 Å². The Balaban J connectivity index is 2.42. The quantitative estimate of drug-likeness (QED) is 0.897. The summed E-state index contributed by atoms with van der Waals surface area (Å²) in [6, 6.07) is 6.49. The zero-order chi connectivity index (χ0) is 13.7. The van der Waals surface area contributed by atoms with Gasteiger partial charge in [-0.2, -0.15) is 15.0 Å².